The van der Waals surface area contributed by atoms with Crippen molar-refractivity contribution in [1.82, 2.24) is 4.57 Å². The molecule has 0 fully saturated rings. The number of benzene rings is 12. The van der Waals surface area contributed by atoms with E-state index in [0.717, 1.165) is 17.1 Å². The molecule has 2 heterocycles. The SMILES string of the molecule is c1ccc2c(c1)-c1ccccc1C21c2ccccc2-c2ccc(N(c3ccc(-c4cccc5ccccc45)cc3)c3ccc4c(c3)C3(c5ccccc5-c5ccccc53)c3cccc5c6ccccc6n-4c35)cc21. The van der Waals surface area contributed by atoms with Crippen LogP contribution in [0.25, 0.3) is 82.8 Å². The van der Waals surface area contributed by atoms with Gasteiger partial charge in [0, 0.05) is 27.8 Å². The number of para-hydroxylation sites is 2. The Morgan fingerprint density at radius 2 is 0.689 bits per heavy atom. The number of hydrogen-bond acceptors (Lipinski definition) is 1. The molecule has 3 aliphatic carbocycles. The second kappa shape index (κ2) is 14.6. The van der Waals surface area contributed by atoms with E-state index < -0.39 is 10.8 Å². The molecular formula is C72H44N2. The van der Waals surface area contributed by atoms with Gasteiger partial charge >= 0.3 is 0 Å². The quantitative estimate of drug-likeness (QED) is 0.171. The third-order valence-corrected chi connectivity index (χ3v) is 17.4. The molecule has 0 amide bonds. The molecular weight excluding hydrogens is 893 g/mol. The molecule has 0 unspecified atom stereocenters. The van der Waals surface area contributed by atoms with E-state index in [2.05, 4.69) is 276 Å². The van der Waals surface area contributed by atoms with Crippen LogP contribution in [0.5, 0.6) is 0 Å². The van der Waals surface area contributed by atoms with E-state index >= 15 is 0 Å². The van der Waals surface area contributed by atoms with Crippen LogP contribution in [-0.2, 0) is 10.8 Å². The molecule has 0 atom stereocenters. The lowest BCUT2D eigenvalue weighted by Gasteiger charge is -2.40. The van der Waals surface area contributed by atoms with Crippen LogP contribution in [0.15, 0.2) is 267 Å². The summed E-state index contributed by atoms with van der Waals surface area (Å²) in [5.74, 6) is 0. The maximum atomic E-state index is 2.56. The molecule has 0 saturated carbocycles. The molecule has 13 aromatic rings. The van der Waals surface area contributed by atoms with Crippen molar-refractivity contribution in [3.63, 3.8) is 0 Å². The first-order valence-corrected chi connectivity index (χ1v) is 25.9. The molecule has 0 N–H and O–H groups in total. The average Bonchev–Trinajstić information content (AvgIpc) is 4.34. The molecule has 17 rings (SSSR count). The number of rotatable bonds is 4. The van der Waals surface area contributed by atoms with Crippen LogP contribution >= 0.6 is 0 Å². The van der Waals surface area contributed by atoms with Gasteiger partial charge in [0.05, 0.1) is 27.6 Å². The lowest BCUT2D eigenvalue weighted by Crippen LogP contribution is -2.33. The molecule has 342 valence electrons. The molecule has 12 aromatic carbocycles. The lowest BCUT2D eigenvalue weighted by atomic mass is 9.65. The van der Waals surface area contributed by atoms with E-state index in [1.807, 2.05) is 0 Å². The van der Waals surface area contributed by atoms with Crippen molar-refractivity contribution in [2.45, 2.75) is 10.8 Å². The van der Waals surface area contributed by atoms with E-state index in [9.17, 15) is 0 Å². The zero-order valence-electron chi connectivity index (χ0n) is 40.3. The topological polar surface area (TPSA) is 8.17 Å². The van der Waals surface area contributed by atoms with Gasteiger partial charge in [-0.1, -0.05) is 218 Å². The summed E-state index contributed by atoms with van der Waals surface area (Å²) in [6.07, 6.45) is 0. The largest absolute Gasteiger partial charge is 0.310 e. The third-order valence-electron chi connectivity index (χ3n) is 17.4. The summed E-state index contributed by atoms with van der Waals surface area (Å²) in [5, 5.41) is 5.05. The first-order valence-electron chi connectivity index (χ1n) is 25.9. The summed E-state index contributed by atoms with van der Waals surface area (Å²) in [6, 6.07) is 101. The maximum Gasteiger partial charge on any atom is 0.0755 e. The molecule has 2 nitrogen and oxygen atoms in total. The van der Waals surface area contributed by atoms with Crippen molar-refractivity contribution in [2.24, 2.45) is 0 Å². The van der Waals surface area contributed by atoms with Gasteiger partial charge < -0.3 is 9.47 Å². The highest BCUT2D eigenvalue weighted by molar-refractivity contribution is 6.13. The Labute approximate surface area is 429 Å². The van der Waals surface area contributed by atoms with Gasteiger partial charge in [-0.3, -0.25) is 0 Å². The summed E-state index contributed by atoms with van der Waals surface area (Å²) >= 11 is 0. The van der Waals surface area contributed by atoms with Gasteiger partial charge in [0.15, 0.2) is 0 Å². The highest BCUT2D eigenvalue weighted by atomic mass is 15.1. The predicted molar refractivity (Wildman–Crippen MR) is 306 cm³/mol. The van der Waals surface area contributed by atoms with Crippen molar-refractivity contribution in [1.29, 1.82) is 0 Å². The second-order valence-corrected chi connectivity index (χ2v) is 20.6. The Morgan fingerprint density at radius 3 is 1.31 bits per heavy atom. The molecule has 0 bridgehead atoms. The van der Waals surface area contributed by atoms with Gasteiger partial charge in [0.2, 0.25) is 0 Å². The molecule has 0 saturated heterocycles. The van der Waals surface area contributed by atoms with Crippen LogP contribution in [0.2, 0.25) is 0 Å². The fourth-order valence-electron chi connectivity index (χ4n) is 14.6. The molecule has 1 aliphatic heterocycles. The fraction of sp³-hybridized carbons (Fsp3) is 0.0278. The lowest BCUT2D eigenvalue weighted by molar-refractivity contribution is 0.748. The van der Waals surface area contributed by atoms with Crippen molar-refractivity contribution in [2.75, 3.05) is 4.90 Å². The summed E-state index contributed by atoms with van der Waals surface area (Å²) in [7, 11) is 0. The first-order chi connectivity index (χ1) is 36.7. The summed E-state index contributed by atoms with van der Waals surface area (Å²) in [6.45, 7) is 0. The zero-order valence-corrected chi connectivity index (χ0v) is 40.3. The highest BCUT2D eigenvalue weighted by Gasteiger charge is 2.53. The molecule has 2 heteroatoms. The van der Waals surface area contributed by atoms with E-state index in [0.29, 0.717) is 0 Å². The zero-order chi connectivity index (χ0) is 48.3. The van der Waals surface area contributed by atoms with Crippen molar-refractivity contribution in [3.05, 3.63) is 311 Å². The molecule has 2 spiro atoms. The minimum Gasteiger partial charge on any atom is -0.310 e. The van der Waals surface area contributed by atoms with Crippen LogP contribution in [0.1, 0.15) is 44.5 Å². The van der Waals surface area contributed by atoms with Gasteiger partial charge in [-0.15, -0.1) is 0 Å². The Morgan fingerprint density at radius 1 is 0.270 bits per heavy atom. The first kappa shape index (κ1) is 40.1. The van der Waals surface area contributed by atoms with Crippen molar-refractivity contribution >= 4 is 49.6 Å². The van der Waals surface area contributed by atoms with Gasteiger partial charge in [-0.05, 0) is 148 Å². The fourth-order valence-corrected chi connectivity index (χ4v) is 14.6. The minimum atomic E-state index is -0.590. The maximum absolute atomic E-state index is 2.56. The average molecular weight is 937 g/mol. The smallest absolute Gasteiger partial charge is 0.0755 e. The highest BCUT2D eigenvalue weighted by Crippen LogP contribution is 2.65. The summed E-state index contributed by atoms with van der Waals surface area (Å²) in [4.78, 5) is 2.53. The van der Waals surface area contributed by atoms with E-state index in [1.54, 1.807) is 0 Å². The van der Waals surface area contributed by atoms with E-state index in [4.69, 9.17) is 0 Å². The Hall–Kier alpha value is -9.50. The Bertz CT molecular complexity index is 4450. The van der Waals surface area contributed by atoms with Crippen LogP contribution in [-0.4, -0.2) is 4.57 Å². The molecule has 4 aliphatic rings. The normalized spacial score (nSPS) is 14.2. The minimum absolute atomic E-state index is 0.485. The van der Waals surface area contributed by atoms with Crippen LogP contribution in [0.3, 0.4) is 0 Å². The van der Waals surface area contributed by atoms with Gasteiger partial charge in [-0.2, -0.15) is 0 Å². The van der Waals surface area contributed by atoms with E-state index in [-0.39, 0.29) is 0 Å². The number of anilines is 3. The van der Waals surface area contributed by atoms with Gasteiger partial charge in [0.25, 0.3) is 0 Å². The van der Waals surface area contributed by atoms with Crippen molar-refractivity contribution in [3.8, 4) is 50.2 Å². The van der Waals surface area contributed by atoms with Gasteiger partial charge in [0.1, 0.15) is 0 Å². The van der Waals surface area contributed by atoms with Crippen molar-refractivity contribution < 1.29 is 0 Å². The number of nitrogens with zero attached hydrogens (tertiary/aromatic N) is 2. The van der Waals surface area contributed by atoms with E-state index in [1.165, 1.54) is 127 Å². The number of aromatic nitrogens is 1. The predicted octanol–water partition coefficient (Wildman–Crippen LogP) is 18.1. The monoisotopic (exact) mass is 936 g/mol. The van der Waals surface area contributed by atoms with Crippen LogP contribution in [0.4, 0.5) is 17.1 Å². The second-order valence-electron chi connectivity index (χ2n) is 20.6. The molecule has 0 radical (unpaired) electrons. The van der Waals surface area contributed by atoms with Crippen LogP contribution < -0.4 is 4.90 Å². The number of hydrogen-bond donors (Lipinski definition) is 0. The molecule has 1 aromatic heterocycles. The summed E-state index contributed by atoms with van der Waals surface area (Å²) in [5.41, 5.74) is 26.7. The summed E-state index contributed by atoms with van der Waals surface area (Å²) < 4.78 is 2.56. The van der Waals surface area contributed by atoms with Crippen LogP contribution in [0, 0.1) is 0 Å². The Kier molecular flexibility index (Phi) is 7.90. The Balaban J connectivity index is 0.958. The standard InChI is InChI=1S/C72H44N2/c1-2-19-50-45(17-1)18-15-26-51(50)46-35-37-47(38-36-46)73(48-39-41-57-56-24-7-11-30-62(56)71(66(57)43-48)60-28-9-3-20-52(60)53-21-4-10-29-61(53)71)49-40-42-69-67(44-49)72(63-31-12-5-22-54(63)55-23-6-13-32-64(55)72)65-33-16-27-59-58-25-8-14-34-68(58)74(69)70(59)65/h1-44H. The van der Waals surface area contributed by atoms with Gasteiger partial charge in [-0.25, -0.2) is 0 Å². The third kappa shape index (κ3) is 4.91. The molecule has 74 heavy (non-hydrogen) atoms. The number of fused-ring (bicyclic) bond motifs is 23.